The highest BCUT2D eigenvalue weighted by Gasteiger charge is 2.16. The van der Waals surface area contributed by atoms with Crippen LogP contribution in [0.5, 0.6) is 0 Å². The Morgan fingerprint density at radius 3 is 2.43 bits per heavy atom. The highest BCUT2D eigenvalue weighted by atomic mass is 15.2. The summed E-state index contributed by atoms with van der Waals surface area (Å²) in [7, 11) is 0. The van der Waals surface area contributed by atoms with Crippen molar-refractivity contribution in [2.45, 2.75) is 66.2 Å². The van der Waals surface area contributed by atoms with Gasteiger partial charge in [-0.05, 0) is 68.0 Å². The van der Waals surface area contributed by atoms with Gasteiger partial charge < -0.3 is 4.90 Å². The first-order chi connectivity index (χ1) is 13.7. The molecule has 1 heterocycles. The average Bonchev–Trinajstić information content (AvgIpc) is 2.71. The number of hydrogen-bond acceptors (Lipinski definition) is 3. The van der Waals surface area contributed by atoms with Crippen LogP contribution in [0.4, 0.5) is 11.5 Å². The van der Waals surface area contributed by atoms with Gasteiger partial charge in [-0.2, -0.15) is 0 Å². The van der Waals surface area contributed by atoms with Gasteiger partial charge in [0.15, 0.2) is 0 Å². The minimum Gasteiger partial charge on any atom is -0.326 e. The molecular weight excluding hydrogens is 342 g/mol. The van der Waals surface area contributed by atoms with Crippen LogP contribution >= 0.6 is 0 Å². The predicted octanol–water partition coefficient (Wildman–Crippen LogP) is 6.78. The molecule has 0 aliphatic heterocycles. The van der Waals surface area contributed by atoms with Gasteiger partial charge in [-0.25, -0.2) is 9.97 Å². The summed E-state index contributed by atoms with van der Waals surface area (Å²) >= 11 is 0. The summed E-state index contributed by atoms with van der Waals surface area (Å²) in [6.45, 7) is 9.68. The average molecular weight is 376 g/mol. The molecule has 1 aromatic heterocycles. The molecule has 3 heteroatoms. The molecule has 0 unspecified atom stereocenters. The molecule has 28 heavy (non-hydrogen) atoms. The van der Waals surface area contributed by atoms with Gasteiger partial charge in [0.25, 0.3) is 0 Å². The fraction of sp³-hybridized carbons (Fsp3) is 0.440. The van der Waals surface area contributed by atoms with Crippen molar-refractivity contribution in [3.8, 4) is 0 Å². The number of benzene rings is 2. The predicted molar refractivity (Wildman–Crippen MR) is 121 cm³/mol. The standard InChI is InChI=1S/C25H33N3/c1-5-8-9-12-21-18-22(16-15-20(21)7-3)28(17-6-2)25-23-13-10-11-14-24(23)26-19(4)27-25/h10-11,13-16,18H,5-9,12,17H2,1-4H3. The van der Waals surface area contributed by atoms with Crippen LogP contribution < -0.4 is 4.90 Å². The maximum atomic E-state index is 4.86. The fourth-order valence-corrected chi connectivity index (χ4v) is 3.88. The summed E-state index contributed by atoms with van der Waals surface area (Å²) in [6.07, 6.45) is 7.13. The number of nitrogens with zero attached hydrogens (tertiary/aromatic N) is 3. The maximum Gasteiger partial charge on any atom is 0.144 e. The number of fused-ring (bicyclic) bond motifs is 1. The Labute approximate surface area is 169 Å². The van der Waals surface area contributed by atoms with E-state index in [0.717, 1.165) is 48.4 Å². The van der Waals surface area contributed by atoms with E-state index in [2.05, 4.69) is 67.1 Å². The Morgan fingerprint density at radius 1 is 0.857 bits per heavy atom. The monoisotopic (exact) mass is 375 g/mol. The molecule has 0 saturated heterocycles. The summed E-state index contributed by atoms with van der Waals surface area (Å²) in [5.74, 6) is 1.84. The molecule has 0 aliphatic rings. The second kappa shape index (κ2) is 9.68. The molecule has 3 nitrogen and oxygen atoms in total. The fourth-order valence-electron chi connectivity index (χ4n) is 3.88. The van der Waals surface area contributed by atoms with Crippen LogP contribution in [-0.4, -0.2) is 16.5 Å². The minimum absolute atomic E-state index is 0.822. The van der Waals surface area contributed by atoms with Crippen molar-refractivity contribution in [3.05, 3.63) is 59.4 Å². The van der Waals surface area contributed by atoms with Crippen LogP contribution in [-0.2, 0) is 12.8 Å². The molecule has 0 amide bonds. The molecule has 148 valence electrons. The zero-order chi connectivity index (χ0) is 19.9. The van der Waals surface area contributed by atoms with Crippen molar-refractivity contribution in [1.82, 2.24) is 9.97 Å². The van der Waals surface area contributed by atoms with E-state index in [1.807, 2.05) is 13.0 Å². The SMILES string of the molecule is CCCCCc1cc(N(CCC)c2nc(C)nc3ccccc23)ccc1CC. The lowest BCUT2D eigenvalue weighted by atomic mass is 9.98. The van der Waals surface area contributed by atoms with Crippen LogP contribution in [0.3, 0.4) is 0 Å². The van der Waals surface area contributed by atoms with E-state index in [0.29, 0.717) is 0 Å². The summed E-state index contributed by atoms with van der Waals surface area (Å²) in [5, 5.41) is 1.12. The number of anilines is 2. The van der Waals surface area contributed by atoms with Crippen LogP contribution in [0.15, 0.2) is 42.5 Å². The summed E-state index contributed by atoms with van der Waals surface area (Å²) < 4.78 is 0. The molecule has 0 aliphatic carbocycles. The van der Waals surface area contributed by atoms with Crippen molar-refractivity contribution >= 4 is 22.4 Å². The molecule has 0 fully saturated rings. The molecular formula is C25H33N3. The van der Waals surface area contributed by atoms with Gasteiger partial charge in [0.2, 0.25) is 0 Å². The summed E-state index contributed by atoms with van der Waals surface area (Å²) in [5.41, 5.74) is 5.22. The Morgan fingerprint density at radius 2 is 1.68 bits per heavy atom. The zero-order valence-electron chi connectivity index (χ0n) is 17.8. The van der Waals surface area contributed by atoms with Crippen molar-refractivity contribution < 1.29 is 0 Å². The maximum absolute atomic E-state index is 4.86. The smallest absolute Gasteiger partial charge is 0.144 e. The third-order valence-electron chi connectivity index (χ3n) is 5.33. The normalized spacial score (nSPS) is 11.1. The Bertz CT molecular complexity index is 917. The van der Waals surface area contributed by atoms with Crippen LogP contribution in [0.2, 0.25) is 0 Å². The van der Waals surface area contributed by atoms with Crippen molar-refractivity contribution in [2.75, 3.05) is 11.4 Å². The second-order valence-electron chi connectivity index (χ2n) is 7.53. The number of aromatic nitrogens is 2. The van der Waals surface area contributed by atoms with E-state index in [4.69, 9.17) is 4.98 Å². The molecule has 3 aromatic rings. The highest BCUT2D eigenvalue weighted by molar-refractivity contribution is 5.91. The quantitative estimate of drug-likeness (QED) is 0.386. The van der Waals surface area contributed by atoms with Crippen molar-refractivity contribution in [1.29, 1.82) is 0 Å². The number of para-hydroxylation sites is 1. The van der Waals surface area contributed by atoms with E-state index in [-0.39, 0.29) is 0 Å². The van der Waals surface area contributed by atoms with Crippen LogP contribution in [0.25, 0.3) is 10.9 Å². The lowest BCUT2D eigenvalue weighted by molar-refractivity contribution is 0.713. The van der Waals surface area contributed by atoms with Crippen LogP contribution in [0, 0.1) is 6.92 Å². The first-order valence-electron chi connectivity index (χ1n) is 10.8. The molecule has 3 rings (SSSR count). The minimum atomic E-state index is 0.822. The Balaban J connectivity index is 2.07. The molecule has 0 N–H and O–H groups in total. The number of rotatable bonds is 9. The summed E-state index contributed by atoms with van der Waals surface area (Å²) in [6, 6.07) is 15.3. The first-order valence-corrected chi connectivity index (χ1v) is 10.8. The summed E-state index contributed by atoms with van der Waals surface area (Å²) in [4.78, 5) is 11.9. The van der Waals surface area contributed by atoms with Crippen LogP contribution in [0.1, 0.15) is 63.4 Å². The zero-order valence-corrected chi connectivity index (χ0v) is 17.8. The Hall–Kier alpha value is -2.42. The molecule has 2 aromatic carbocycles. The van der Waals surface area contributed by atoms with Gasteiger partial charge >= 0.3 is 0 Å². The second-order valence-corrected chi connectivity index (χ2v) is 7.53. The third-order valence-corrected chi connectivity index (χ3v) is 5.33. The molecule has 0 saturated carbocycles. The number of hydrogen-bond donors (Lipinski definition) is 0. The van der Waals surface area contributed by atoms with Gasteiger partial charge in [0.05, 0.1) is 5.52 Å². The van der Waals surface area contributed by atoms with Gasteiger partial charge in [0.1, 0.15) is 11.6 Å². The van der Waals surface area contributed by atoms with Crippen molar-refractivity contribution in [3.63, 3.8) is 0 Å². The van der Waals surface area contributed by atoms with E-state index < -0.39 is 0 Å². The lowest BCUT2D eigenvalue weighted by Gasteiger charge is -2.26. The molecule has 0 radical (unpaired) electrons. The van der Waals surface area contributed by atoms with Crippen molar-refractivity contribution in [2.24, 2.45) is 0 Å². The molecule has 0 bridgehead atoms. The highest BCUT2D eigenvalue weighted by Crippen LogP contribution is 2.32. The van der Waals surface area contributed by atoms with E-state index >= 15 is 0 Å². The molecule has 0 atom stereocenters. The van der Waals surface area contributed by atoms with Gasteiger partial charge in [-0.15, -0.1) is 0 Å². The van der Waals surface area contributed by atoms with E-state index in [9.17, 15) is 0 Å². The largest absolute Gasteiger partial charge is 0.326 e. The third kappa shape index (κ3) is 4.52. The first kappa shape index (κ1) is 20.3. The van der Waals surface area contributed by atoms with E-state index in [1.54, 1.807) is 0 Å². The van der Waals surface area contributed by atoms with Gasteiger partial charge in [-0.3, -0.25) is 0 Å². The lowest BCUT2D eigenvalue weighted by Crippen LogP contribution is -2.20. The van der Waals surface area contributed by atoms with E-state index in [1.165, 1.54) is 36.1 Å². The topological polar surface area (TPSA) is 29.0 Å². The van der Waals surface area contributed by atoms with Gasteiger partial charge in [-0.1, -0.05) is 51.8 Å². The molecule has 0 spiro atoms. The van der Waals surface area contributed by atoms with Gasteiger partial charge in [0, 0.05) is 17.6 Å². The Kier molecular flexibility index (Phi) is 7.02. The number of aryl methyl sites for hydroxylation is 3. The number of unbranched alkanes of at least 4 members (excludes halogenated alkanes) is 2.